The van der Waals surface area contributed by atoms with Crippen molar-refractivity contribution in [3.8, 4) is 0 Å². The number of nitrogens with one attached hydrogen (secondary N) is 1. The fourth-order valence-corrected chi connectivity index (χ4v) is 1.95. The van der Waals surface area contributed by atoms with Crippen molar-refractivity contribution in [1.82, 2.24) is 0 Å². The van der Waals surface area contributed by atoms with Gasteiger partial charge in [-0.2, -0.15) is 0 Å². The number of rotatable bonds is 6. The van der Waals surface area contributed by atoms with Crippen LogP contribution in [0.4, 0.5) is 5.69 Å². The van der Waals surface area contributed by atoms with Crippen molar-refractivity contribution in [1.29, 1.82) is 0 Å². The van der Waals surface area contributed by atoms with Crippen LogP contribution in [-0.2, 0) is 14.3 Å². The van der Waals surface area contributed by atoms with Gasteiger partial charge in [0.25, 0.3) is 5.91 Å². The summed E-state index contributed by atoms with van der Waals surface area (Å²) in [5.74, 6) is -0.186. The summed E-state index contributed by atoms with van der Waals surface area (Å²) >= 11 is 0. The number of anilines is 1. The van der Waals surface area contributed by atoms with E-state index in [9.17, 15) is 9.59 Å². The Morgan fingerprint density at radius 1 is 1.14 bits per heavy atom. The zero-order valence-corrected chi connectivity index (χ0v) is 13.5. The number of carbonyl (C=O) groups excluding carboxylic acids is 2. The first-order valence-corrected chi connectivity index (χ1v) is 7.37. The van der Waals surface area contributed by atoms with Crippen molar-refractivity contribution in [3.63, 3.8) is 0 Å². The fraction of sp³-hybridized carbons (Fsp3) is 0.529. The quantitative estimate of drug-likeness (QED) is 0.815. The van der Waals surface area contributed by atoms with E-state index >= 15 is 0 Å². The molecule has 1 atom stereocenters. The van der Waals surface area contributed by atoms with Gasteiger partial charge in [0.15, 0.2) is 6.10 Å². The SMILES string of the molecule is Cc1cccc(C)c1NC(=O)[C@@H](C)OC(=O)CCC(C)C. The van der Waals surface area contributed by atoms with Crippen LogP contribution in [0.3, 0.4) is 0 Å². The van der Waals surface area contributed by atoms with Gasteiger partial charge in [-0.1, -0.05) is 32.0 Å². The Labute approximate surface area is 126 Å². The van der Waals surface area contributed by atoms with Crippen LogP contribution in [0.1, 0.15) is 44.7 Å². The highest BCUT2D eigenvalue weighted by Crippen LogP contribution is 2.19. The lowest BCUT2D eigenvalue weighted by molar-refractivity contribution is -0.153. The lowest BCUT2D eigenvalue weighted by Crippen LogP contribution is -2.30. The number of carbonyl (C=O) groups is 2. The molecular formula is C17H25NO3. The summed E-state index contributed by atoms with van der Waals surface area (Å²) in [4.78, 5) is 23.7. The van der Waals surface area contributed by atoms with Gasteiger partial charge in [0, 0.05) is 12.1 Å². The van der Waals surface area contributed by atoms with Gasteiger partial charge in [0.2, 0.25) is 0 Å². The number of benzene rings is 1. The second-order valence-electron chi connectivity index (χ2n) is 5.82. The number of amides is 1. The normalized spacial score (nSPS) is 12.1. The van der Waals surface area contributed by atoms with Crippen molar-refractivity contribution >= 4 is 17.6 Å². The van der Waals surface area contributed by atoms with Crippen molar-refractivity contribution in [3.05, 3.63) is 29.3 Å². The van der Waals surface area contributed by atoms with Crippen LogP contribution in [-0.4, -0.2) is 18.0 Å². The Hall–Kier alpha value is -1.84. The summed E-state index contributed by atoms with van der Waals surface area (Å²) in [7, 11) is 0. The van der Waals surface area contributed by atoms with Crippen LogP contribution < -0.4 is 5.32 Å². The van der Waals surface area contributed by atoms with Crippen LogP contribution in [0.25, 0.3) is 0 Å². The summed E-state index contributed by atoms with van der Waals surface area (Å²) in [6.07, 6.45) is 0.326. The Balaban J connectivity index is 2.57. The minimum absolute atomic E-state index is 0.301. The van der Waals surface area contributed by atoms with E-state index in [0.29, 0.717) is 12.3 Å². The molecule has 0 bridgehead atoms. The van der Waals surface area contributed by atoms with Crippen molar-refractivity contribution in [2.75, 3.05) is 5.32 Å². The largest absolute Gasteiger partial charge is 0.453 e. The maximum atomic E-state index is 12.1. The van der Waals surface area contributed by atoms with E-state index < -0.39 is 6.10 Å². The van der Waals surface area contributed by atoms with Gasteiger partial charge in [0.1, 0.15) is 0 Å². The fourth-order valence-electron chi connectivity index (χ4n) is 1.95. The summed E-state index contributed by atoms with van der Waals surface area (Å²) < 4.78 is 5.16. The second kappa shape index (κ2) is 7.81. The number of esters is 1. The smallest absolute Gasteiger partial charge is 0.306 e. The molecule has 0 spiro atoms. The zero-order valence-electron chi connectivity index (χ0n) is 13.5. The molecule has 0 radical (unpaired) electrons. The van der Waals surface area contributed by atoms with E-state index in [2.05, 4.69) is 5.32 Å². The Morgan fingerprint density at radius 3 is 2.24 bits per heavy atom. The van der Waals surface area contributed by atoms with E-state index in [4.69, 9.17) is 4.74 Å². The molecule has 116 valence electrons. The lowest BCUT2D eigenvalue weighted by atomic mass is 10.1. The third-order valence-corrected chi connectivity index (χ3v) is 3.33. The number of aryl methyl sites for hydroxylation is 2. The summed E-state index contributed by atoms with van der Waals surface area (Å²) in [5.41, 5.74) is 2.76. The molecule has 21 heavy (non-hydrogen) atoms. The first-order valence-electron chi connectivity index (χ1n) is 7.37. The number of ether oxygens (including phenoxy) is 1. The average Bonchev–Trinajstić information content (AvgIpc) is 2.40. The summed E-state index contributed by atoms with van der Waals surface area (Å²) in [6.45, 7) is 9.55. The monoisotopic (exact) mass is 291 g/mol. The van der Waals surface area contributed by atoms with Crippen molar-refractivity contribution < 1.29 is 14.3 Å². The molecule has 4 heteroatoms. The van der Waals surface area contributed by atoms with Crippen LogP contribution in [0.15, 0.2) is 18.2 Å². The zero-order chi connectivity index (χ0) is 16.0. The lowest BCUT2D eigenvalue weighted by Gasteiger charge is -2.16. The number of hydrogen-bond donors (Lipinski definition) is 1. The van der Waals surface area contributed by atoms with E-state index in [1.54, 1.807) is 6.92 Å². The predicted octanol–water partition coefficient (Wildman–Crippen LogP) is 3.61. The first-order chi connectivity index (χ1) is 9.81. The predicted molar refractivity (Wildman–Crippen MR) is 84.2 cm³/mol. The van der Waals surface area contributed by atoms with Gasteiger partial charge in [-0.3, -0.25) is 9.59 Å². The Bertz CT molecular complexity index is 489. The molecule has 1 rings (SSSR count). The van der Waals surface area contributed by atoms with Gasteiger partial charge in [-0.05, 0) is 44.2 Å². The number of hydrogen-bond acceptors (Lipinski definition) is 3. The Kier molecular flexibility index (Phi) is 6.40. The maximum absolute atomic E-state index is 12.1. The van der Waals surface area contributed by atoms with Gasteiger partial charge in [-0.15, -0.1) is 0 Å². The highest BCUT2D eigenvalue weighted by molar-refractivity contribution is 5.96. The molecule has 1 amide bonds. The van der Waals surface area contributed by atoms with E-state index in [1.165, 1.54) is 0 Å². The molecule has 1 N–H and O–H groups in total. The van der Waals surface area contributed by atoms with Gasteiger partial charge in [0.05, 0.1) is 0 Å². The molecule has 0 aromatic heterocycles. The van der Waals surface area contributed by atoms with Gasteiger partial charge in [-0.25, -0.2) is 0 Å². The third-order valence-electron chi connectivity index (χ3n) is 3.33. The van der Waals surface area contributed by atoms with Crippen molar-refractivity contribution in [2.24, 2.45) is 5.92 Å². The minimum Gasteiger partial charge on any atom is -0.453 e. The molecular weight excluding hydrogens is 266 g/mol. The molecule has 1 aromatic carbocycles. The van der Waals surface area contributed by atoms with E-state index in [1.807, 2.05) is 45.9 Å². The molecule has 0 saturated heterocycles. The maximum Gasteiger partial charge on any atom is 0.306 e. The van der Waals surface area contributed by atoms with E-state index in [-0.39, 0.29) is 11.9 Å². The molecule has 0 heterocycles. The van der Waals surface area contributed by atoms with Crippen LogP contribution in [0.2, 0.25) is 0 Å². The standard InChI is InChI=1S/C17H25NO3/c1-11(2)9-10-15(19)21-14(5)17(20)18-16-12(3)7-6-8-13(16)4/h6-8,11,14H,9-10H2,1-5H3,(H,18,20)/t14-/m1/s1. The molecule has 0 aliphatic rings. The van der Waals surface area contributed by atoms with E-state index in [0.717, 1.165) is 23.2 Å². The highest BCUT2D eigenvalue weighted by atomic mass is 16.5. The topological polar surface area (TPSA) is 55.4 Å². The van der Waals surface area contributed by atoms with Crippen molar-refractivity contribution in [2.45, 2.75) is 53.6 Å². The van der Waals surface area contributed by atoms with Crippen LogP contribution >= 0.6 is 0 Å². The molecule has 0 fully saturated rings. The first kappa shape index (κ1) is 17.2. The summed E-state index contributed by atoms with van der Waals surface area (Å²) in [6, 6.07) is 5.81. The molecule has 0 aliphatic heterocycles. The molecule has 0 unspecified atom stereocenters. The minimum atomic E-state index is -0.788. The third kappa shape index (κ3) is 5.58. The van der Waals surface area contributed by atoms with Gasteiger partial charge >= 0.3 is 5.97 Å². The van der Waals surface area contributed by atoms with Gasteiger partial charge < -0.3 is 10.1 Å². The Morgan fingerprint density at radius 2 is 1.71 bits per heavy atom. The molecule has 1 aromatic rings. The molecule has 4 nitrogen and oxygen atoms in total. The highest BCUT2D eigenvalue weighted by Gasteiger charge is 2.19. The average molecular weight is 291 g/mol. The van der Waals surface area contributed by atoms with Crippen LogP contribution in [0.5, 0.6) is 0 Å². The second-order valence-corrected chi connectivity index (χ2v) is 5.82. The molecule has 0 saturated carbocycles. The summed E-state index contributed by atoms with van der Waals surface area (Å²) in [5, 5.41) is 2.83. The molecule has 0 aliphatic carbocycles. The number of para-hydroxylation sites is 1. The van der Waals surface area contributed by atoms with Crippen LogP contribution in [0, 0.1) is 19.8 Å².